The summed E-state index contributed by atoms with van der Waals surface area (Å²) in [7, 11) is 0. The molecular formula is C12H21N3O4. The van der Waals surface area contributed by atoms with Gasteiger partial charge in [-0.05, 0) is 18.8 Å². The van der Waals surface area contributed by atoms with E-state index < -0.39 is 11.9 Å². The number of likely N-dealkylation sites (tertiary alicyclic amines) is 1. The lowest BCUT2D eigenvalue weighted by atomic mass is 9.99. The van der Waals surface area contributed by atoms with Crippen LogP contribution in [0.15, 0.2) is 0 Å². The first-order valence-corrected chi connectivity index (χ1v) is 6.38. The molecule has 0 bridgehead atoms. The molecule has 0 spiro atoms. The van der Waals surface area contributed by atoms with Gasteiger partial charge in [0.05, 0.1) is 19.6 Å². The van der Waals surface area contributed by atoms with Gasteiger partial charge in [0.25, 0.3) is 0 Å². The number of hydrogen-bond donors (Lipinski definition) is 2. The molecular weight excluding hydrogens is 250 g/mol. The van der Waals surface area contributed by atoms with Gasteiger partial charge in [-0.25, -0.2) is 0 Å². The number of carboxylic acid groups (broad SMARTS) is 1. The zero-order chi connectivity index (χ0) is 14.4. The Balaban J connectivity index is 2.50. The maximum absolute atomic E-state index is 12.0. The summed E-state index contributed by atoms with van der Waals surface area (Å²) >= 11 is 0. The lowest BCUT2D eigenvalue weighted by molar-refractivity contribution is -0.140. The zero-order valence-corrected chi connectivity index (χ0v) is 11.2. The maximum Gasteiger partial charge on any atom is 0.317 e. The van der Waals surface area contributed by atoms with Gasteiger partial charge in [-0.15, -0.1) is 0 Å². The van der Waals surface area contributed by atoms with Crippen molar-refractivity contribution in [3.63, 3.8) is 0 Å². The van der Waals surface area contributed by atoms with Crippen LogP contribution in [0.4, 0.5) is 0 Å². The quantitative estimate of drug-likeness (QED) is 0.652. The van der Waals surface area contributed by atoms with E-state index >= 15 is 0 Å². The van der Waals surface area contributed by atoms with Crippen molar-refractivity contribution < 1.29 is 19.5 Å². The molecule has 19 heavy (non-hydrogen) atoms. The van der Waals surface area contributed by atoms with E-state index in [0.29, 0.717) is 19.0 Å². The third-order valence-electron chi connectivity index (χ3n) is 3.23. The van der Waals surface area contributed by atoms with Crippen LogP contribution in [0.3, 0.4) is 0 Å². The molecule has 1 fully saturated rings. The molecule has 3 N–H and O–H groups in total. The standard InChI is InChI=1S/C12H21N3O4/c1-9-2-4-15(5-3-9)11(17)7-14(6-10(13)16)8-12(18)19/h9H,2-8H2,1H3,(H2,13,16)(H,18,19). The zero-order valence-electron chi connectivity index (χ0n) is 11.2. The van der Waals surface area contributed by atoms with Gasteiger partial charge >= 0.3 is 5.97 Å². The minimum Gasteiger partial charge on any atom is -0.480 e. The number of carbonyl (C=O) groups excluding carboxylic acids is 2. The number of amides is 2. The second-order valence-corrected chi connectivity index (χ2v) is 5.07. The van der Waals surface area contributed by atoms with Gasteiger partial charge in [0.1, 0.15) is 0 Å². The van der Waals surface area contributed by atoms with Crippen molar-refractivity contribution in [1.29, 1.82) is 0 Å². The number of aliphatic carboxylic acids is 1. The fraction of sp³-hybridized carbons (Fsp3) is 0.750. The Morgan fingerprint density at radius 1 is 1.21 bits per heavy atom. The Hall–Kier alpha value is -1.63. The second-order valence-electron chi connectivity index (χ2n) is 5.07. The number of nitrogens with two attached hydrogens (primary N) is 1. The summed E-state index contributed by atoms with van der Waals surface area (Å²) in [6.45, 7) is 2.87. The second kappa shape index (κ2) is 7.08. The molecule has 0 unspecified atom stereocenters. The lowest BCUT2D eigenvalue weighted by Gasteiger charge is -2.31. The predicted octanol–water partition coefficient (Wildman–Crippen LogP) is -0.883. The van der Waals surface area contributed by atoms with Gasteiger partial charge in [0.15, 0.2) is 0 Å². The van der Waals surface area contributed by atoms with Crippen LogP contribution in [-0.2, 0) is 14.4 Å². The minimum atomic E-state index is -1.08. The van der Waals surface area contributed by atoms with Gasteiger partial charge in [-0.1, -0.05) is 6.92 Å². The normalized spacial score (nSPS) is 16.6. The minimum absolute atomic E-state index is 0.0797. The molecule has 1 aliphatic rings. The van der Waals surface area contributed by atoms with E-state index in [1.54, 1.807) is 4.90 Å². The van der Waals surface area contributed by atoms with Gasteiger partial charge in [-0.2, -0.15) is 0 Å². The Kier molecular flexibility index (Phi) is 5.75. The van der Waals surface area contributed by atoms with Crippen LogP contribution in [0.5, 0.6) is 0 Å². The first-order chi connectivity index (χ1) is 8.88. The average Bonchev–Trinajstić information content (AvgIpc) is 2.27. The van der Waals surface area contributed by atoms with Gasteiger partial charge in [0.2, 0.25) is 11.8 Å². The molecule has 2 amide bonds. The first-order valence-electron chi connectivity index (χ1n) is 6.38. The summed E-state index contributed by atoms with van der Waals surface area (Å²) in [5.41, 5.74) is 5.04. The van der Waals surface area contributed by atoms with E-state index in [1.807, 2.05) is 0 Å². The molecule has 0 saturated carbocycles. The Bertz CT molecular complexity index is 335. The molecule has 108 valence electrons. The van der Waals surface area contributed by atoms with Crippen LogP contribution in [0.1, 0.15) is 19.8 Å². The molecule has 0 aromatic carbocycles. The third-order valence-corrected chi connectivity index (χ3v) is 3.23. The molecule has 0 aromatic rings. The molecule has 1 saturated heterocycles. The van der Waals surface area contributed by atoms with Crippen LogP contribution >= 0.6 is 0 Å². The van der Waals surface area contributed by atoms with Crippen molar-refractivity contribution in [3.05, 3.63) is 0 Å². The number of carbonyl (C=O) groups is 3. The largest absolute Gasteiger partial charge is 0.480 e. The maximum atomic E-state index is 12.0. The summed E-state index contributed by atoms with van der Waals surface area (Å²) in [5, 5.41) is 8.74. The van der Waals surface area contributed by atoms with E-state index in [-0.39, 0.29) is 25.5 Å². The summed E-state index contributed by atoms with van der Waals surface area (Å²) < 4.78 is 0. The van der Waals surface area contributed by atoms with Crippen LogP contribution in [0.25, 0.3) is 0 Å². The van der Waals surface area contributed by atoms with Gasteiger partial charge in [0, 0.05) is 13.1 Å². The Morgan fingerprint density at radius 3 is 2.26 bits per heavy atom. The molecule has 0 aliphatic carbocycles. The average molecular weight is 271 g/mol. The van der Waals surface area contributed by atoms with Crippen LogP contribution in [-0.4, -0.2) is 65.4 Å². The number of carboxylic acids is 1. The third kappa shape index (κ3) is 5.69. The Morgan fingerprint density at radius 2 is 1.79 bits per heavy atom. The van der Waals surface area contributed by atoms with Crippen molar-refractivity contribution >= 4 is 17.8 Å². The molecule has 1 rings (SSSR count). The van der Waals surface area contributed by atoms with Crippen molar-refractivity contribution in [3.8, 4) is 0 Å². The van der Waals surface area contributed by atoms with E-state index in [2.05, 4.69) is 6.92 Å². The number of rotatable bonds is 6. The number of primary amides is 1. The van der Waals surface area contributed by atoms with Crippen LogP contribution < -0.4 is 5.73 Å². The van der Waals surface area contributed by atoms with Crippen molar-refractivity contribution in [2.75, 3.05) is 32.7 Å². The molecule has 0 radical (unpaired) electrons. The van der Waals surface area contributed by atoms with Crippen molar-refractivity contribution in [1.82, 2.24) is 9.80 Å². The highest BCUT2D eigenvalue weighted by Crippen LogP contribution is 2.16. The summed E-state index contributed by atoms with van der Waals surface area (Å²) in [4.78, 5) is 36.5. The highest BCUT2D eigenvalue weighted by atomic mass is 16.4. The Labute approximate surface area is 112 Å². The SMILES string of the molecule is CC1CCN(C(=O)CN(CC(N)=O)CC(=O)O)CC1. The highest BCUT2D eigenvalue weighted by Gasteiger charge is 2.23. The smallest absolute Gasteiger partial charge is 0.317 e. The molecule has 7 heteroatoms. The first kappa shape index (κ1) is 15.4. The molecule has 0 aromatic heterocycles. The topological polar surface area (TPSA) is 104 Å². The molecule has 0 atom stereocenters. The summed E-state index contributed by atoms with van der Waals surface area (Å²) in [6, 6.07) is 0. The summed E-state index contributed by atoms with van der Waals surface area (Å²) in [5.74, 6) is -1.25. The van der Waals surface area contributed by atoms with E-state index in [9.17, 15) is 14.4 Å². The fourth-order valence-electron chi connectivity index (χ4n) is 2.13. The van der Waals surface area contributed by atoms with E-state index in [4.69, 9.17) is 10.8 Å². The van der Waals surface area contributed by atoms with Gasteiger partial charge < -0.3 is 15.7 Å². The summed E-state index contributed by atoms with van der Waals surface area (Å²) in [6.07, 6.45) is 1.92. The number of hydrogen-bond acceptors (Lipinski definition) is 4. The molecule has 1 aliphatic heterocycles. The van der Waals surface area contributed by atoms with Gasteiger partial charge in [-0.3, -0.25) is 19.3 Å². The van der Waals surface area contributed by atoms with Crippen molar-refractivity contribution in [2.45, 2.75) is 19.8 Å². The monoisotopic (exact) mass is 271 g/mol. The molecule has 1 heterocycles. The van der Waals surface area contributed by atoms with E-state index in [0.717, 1.165) is 12.8 Å². The number of piperidine rings is 1. The van der Waals surface area contributed by atoms with Crippen molar-refractivity contribution in [2.24, 2.45) is 11.7 Å². The number of nitrogens with zero attached hydrogens (tertiary/aromatic N) is 2. The van der Waals surface area contributed by atoms with Crippen LogP contribution in [0.2, 0.25) is 0 Å². The predicted molar refractivity (Wildman–Crippen MR) is 68.2 cm³/mol. The highest BCUT2D eigenvalue weighted by molar-refractivity contribution is 5.81. The fourth-order valence-corrected chi connectivity index (χ4v) is 2.13. The van der Waals surface area contributed by atoms with Crippen LogP contribution in [0, 0.1) is 5.92 Å². The lowest BCUT2D eigenvalue weighted by Crippen LogP contribution is -2.47. The molecule has 7 nitrogen and oxygen atoms in total. The van der Waals surface area contributed by atoms with E-state index in [1.165, 1.54) is 4.90 Å².